The minimum absolute atomic E-state index is 0.522. The van der Waals surface area contributed by atoms with Crippen molar-refractivity contribution in [1.29, 1.82) is 0 Å². The van der Waals surface area contributed by atoms with E-state index in [1.165, 1.54) is 121 Å². The Bertz CT molecular complexity index is 575. The molecular weight excluding hydrogens is 388 g/mol. The molecule has 1 aromatic carbocycles. The molecule has 0 amide bonds. The van der Waals surface area contributed by atoms with Crippen LogP contribution in [0.2, 0.25) is 0 Å². The molecule has 0 bridgehead atoms. The van der Waals surface area contributed by atoms with Crippen molar-refractivity contribution in [3.05, 3.63) is 35.4 Å². The van der Waals surface area contributed by atoms with Crippen molar-refractivity contribution in [2.75, 3.05) is 6.61 Å². The third-order valence-electron chi connectivity index (χ3n) is 8.49. The van der Waals surface area contributed by atoms with E-state index in [4.69, 9.17) is 4.74 Å². The first-order chi connectivity index (χ1) is 15.8. The second-order valence-electron chi connectivity index (χ2n) is 11.1. The number of aryl methyl sites for hydroxylation is 1. The molecule has 2 aliphatic carbocycles. The Kier molecular flexibility index (Phi) is 12.2. The highest BCUT2D eigenvalue weighted by Gasteiger charge is 2.23. The van der Waals surface area contributed by atoms with E-state index in [9.17, 15) is 0 Å². The van der Waals surface area contributed by atoms with Gasteiger partial charge in [-0.15, -0.1) is 0 Å². The summed E-state index contributed by atoms with van der Waals surface area (Å²) in [6, 6.07) is 9.58. The van der Waals surface area contributed by atoms with Crippen LogP contribution in [-0.2, 0) is 11.2 Å². The first-order valence-corrected chi connectivity index (χ1v) is 14.5. The van der Waals surface area contributed by atoms with Crippen LogP contribution in [0.15, 0.2) is 24.3 Å². The summed E-state index contributed by atoms with van der Waals surface area (Å²) in [5.41, 5.74) is 3.08. The molecule has 1 heteroatoms. The van der Waals surface area contributed by atoms with Crippen LogP contribution in [0.1, 0.15) is 140 Å². The van der Waals surface area contributed by atoms with Crippen molar-refractivity contribution < 1.29 is 4.74 Å². The summed E-state index contributed by atoms with van der Waals surface area (Å²) in [6.45, 7) is 5.60. The molecule has 0 unspecified atom stereocenters. The zero-order valence-electron chi connectivity index (χ0n) is 21.5. The zero-order chi connectivity index (χ0) is 22.4. The number of hydrogen-bond acceptors (Lipinski definition) is 1. The highest BCUT2D eigenvalue weighted by Crippen LogP contribution is 2.36. The Morgan fingerprint density at radius 2 is 1.25 bits per heavy atom. The summed E-state index contributed by atoms with van der Waals surface area (Å²) < 4.78 is 6.32. The molecule has 3 rings (SSSR count). The molecular formula is C31H52O. The van der Waals surface area contributed by atoms with Crippen LogP contribution in [0.3, 0.4) is 0 Å². The first kappa shape index (κ1) is 25.8. The molecule has 2 aliphatic rings. The van der Waals surface area contributed by atoms with E-state index in [-0.39, 0.29) is 0 Å². The van der Waals surface area contributed by atoms with Gasteiger partial charge < -0.3 is 4.74 Å². The smallest absolute Gasteiger partial charge is 0.0575 e. The molecule has 0 spiro atoms. The van der Waals surface area contributed by atoms with Gasteiger partial charge in [0.25, 0.3) is 0 Å². The van der Waals surface area contributed by atoms with Gasteiger partial charge in [-0.1, -0.05) is 102 Å². The number of hydrogen-bond donors (Lipinski definition) is 0. The van der Waals surface area contributed by atoms with Crippen molar-refractivity contribution in [2.45, 2.75) is 141 Å². The largest absolute Gasteiger partial charge is 0.378 e. The summed E-state index contributed by atoms with van der Waals surface area (Å²) in [7, 11) is 0. The monoisotopic (exact) mass is 440 g/mol. The van der Waals surface area contributed by atoms with Crippen molar-refractivity contribution in [3.63, 3.8) is 0 Å². The lowest BCUT2D eigenvalue weighted by molar-refractivity contribution is 0.0204. The molecule has 32 heavy (non-hydrogen) atoms. The topological polar surface area (TPSA) is 9.23 Å². The SMILES string of the molecule is CCCCCc1ccc(C2CCC(OCCCC3CCC(CCCCC)CC3)CC2)cc1. The highest BCUT2D eigenvalue weighted by atomic mass is 16.5. The van der Waals surface area contributed by atoms with Gasteiger partial charge in [0.1, 0.15) is 0 Å². The number of benzene rings is 1. The van der Waals surface area contributed by atoms with E-state index in [2.05, 4.69) is 38.1 Å². The summed E-state index contributed by atoms with van der Waals surface area (Å²) >= 11 is 0. The Morgan fingerprint density at radius 3 is 1.88 bits per heavy atom. The average Bonchev–Trinajstić information content (AvgIpc) is 2.84. The Balaban J connectivity index is 1.23. The van der Waals surface area contributed by atoms with Crippen molar-refractivity contribution >= 4 is 0 Å². The predicted octanol–water partition coefficient (Wildman–Crippen LogP) is 9.63. The van der Waals surface area contributed by atoms with Crippen molar-refractivity contribution in [2.24, 2.45) is 11.8 Å². The summed E-state index contributed by atoms with van der Waals surface area (Å²) in [6.07, 6.45) is 25.3. The molecule has 0 aliphatic heterocycles. The van der Waals surface area contributed by atoms with Gasteiger partial charge in [0, 0.05) is 6.61 Å². The molecule has 2 fully saturated rings. The lowest BCUT2D eigenvalue weighted by Gasteiger charge is -2.30. The number of unbranched alkanes of at least 4 members (excludes halogenated alkanes) is 4. The second-order valence-corrected chi connectivity index (χ2v) is 11.1. The van der Waals surface area contributed by atoms with Crippen LogP contribution in [0, 0.1) is 11.8 Å². The molecule has 0 radical (unpaired) electrons. The molecule has 2 saturated carbocycles. The van der Waals surface area contributed by atoms with Gasteiger partial charge in [0.2, 0.25) is 0 Å². The number of rotatable bonds is 14. The molecule has 182 valence electrons. The maximum Gasteiger partial charge on any atom is 0.0575 e. The average molecular weight is 441 g/mol. The third kappa shape index (κ3) is 9.20. The van der Waals surface area contributed by atoms with Crippen LogP contribution < -0.4 is 0 Å². The quantitative estimate of drug-likeness (QED) is 0.262. The van der Waals surface area contributed by atoms with E-state index < -0.39 is 0 Å². The van der Waals surface area contributed by atoms with Crippen LogP contribution >= 0.6 is 0 Å². The molecule has 1 nitrogen and oxygen atoms in total. The lowest BCUT2D eigenvalue weighted by atomic mass is 9.78. The van der Waals surface area contributed by atoms with E-state index in [0.717, 1.165) is 24.4 Å². The fraction of sp³-hybridized carbons (Fsp3) is 0.806. The van der Waals surface area contributed by atoms with E-state index in [1.54, 1.807) is 5.56 Å². The van der Waals surface area contributed by atoms with Crippen molar-refractivity contribution in [1.82, 2.24) is 0 Å². The van der Waals surface area contributed by atoms with Crippen molar-refractivity contribution in [3.8, 4) is 0 Å². The van der Waals surface area contributed by atoms with E-state index >= 15 is 0 Å². The normalized spacial score (nSPS) is 26.3. The standard InChI is InChI=1S/C31H52O/c1-3-5-7-10-26-13-15-28(16-14-26)12-9-25-32-31-23-21-30(22-24-31)29-19-17-27(18-20-29)11-8-6-4-2/h17-20,26,28,30-31H,3-16,21-25H2,1-2H3. The van der Waals surface area contributed by atoms with Gasteiger partial charge in [0.15, 0.2) is 0 Å². The Hall–Kier alpha value is -0.820. The maximum atomic E-state index is 6.32. The fourth-order valence-electron chi connectivity index (χ4n) is 6.21. The number of ether oxygens (including phenoxy) is 1. The third-order valence-corrected chi connectivity index (χ3v) is 8.49. The zero-order valence-corrected chi connectivity index (χ0v) is 21.5. The van der Waals surface area contributed by atoms with Gasteiger partial charge in [-0.25, -0.2) is 0 Å². The minimum Gasteiger partial charge on any atom is -0.378 e. The molecule has 1 aromatic rings. The molecule has 0 atom stereocenters. The molecule has 0 saturated heterocycles. The van der Waals surface area contributed by atoms with Gasteiger partial charge in [-0.05, 0) is 80.2 Å². The maximum absolute atomic E-state index is 6.32. The lowest BCUT2D eigenvalue weighted by Crippen LogP contribution is -2.21. The summed E-state index contributed by atoms with van der Waals surface area (Å²) in [5, 5.41) is 0. The van der Waals surface area contributed by atoms with Gasteiger partial charge in [-0.3, -0.25) is 0 Å². The highest BCUT2D eigenvalue weighted by molar-refractivity contribution is 5.26. The van der Waals surface area contributed by atoms with Gasteiger partial charge in [0.05, 0.1) is 6.10 Å². The molecule has 0 heterocycles. The van der Waals surface area contributed by atoms with E-state index in [0.29, 0.717) is 6.10 Å². The first-order valence-electron chi connectivity index (χ1n) is 14.5. The van der Waals surface area contributed by atoms with Crippen LogP contribution in [0.5, 0.6) is 0 Å². The van der Waals surface area contributed by atoms with Crippen LogP contribution in [0.25, 0.3) is 0 Å². The fourth-order valence-corrected chi connectivity index (χ4v) is 6.21. The molecule has 0 aromatic heterocycles. The molecule has 0 N–H and O–H groups in total. The minimum atomic E-state index is 0.522. The van der Waals surface area contributed by atoms with Crippen LogP contribution in [-0.4, -0.2) is 12.7 Å². The Labute approximate surface area is 200 Å². The summed E-state index contributed by atoms with van der Waals surface area (Å²) in [5.74, 6) is 2.79. The van der Waals surface area contributed by atoms with E-state index in [1.807, 2.05) is 0 Å². The Morgan fingerprint density at radius 1 is 0.656 bits per heavy atom. The summed E-state index contributed by atoms with van der Waals surface area (Å²) in [4.78, 5) is 0. The predicted molar refractivity (Wildman–Crippen MR) is 139 cm³/mol. The van der Waals surface area contributed by atoms with Crippen LogP contribution in [0.4, 0.5) is 0 Å². The van der Waals surface area contributed by atoms with Gasteiger partial charge in [-0.2, -0.15) is 0 Å². The second kappa shape index (κ2) is 15.2. The van der Waals surface area contributed by atoms with Gasteiger partial charge >= 0.3 is 0 Å².